The van der Waals surface area contributed by atoms with Crippen molar-refractivity contribution in [3.8, 4) is 0 Å². The van der Waals surface area contributed by atoms with Crippen molar-refractivity contribution < 1.29 is 4.79 Å². The molecular formula is C9H4ClIOS2. The summed E-state index contributed by atoms with van der Waals surface area (Å²) in [6.07, 6.45) is 0. The molecule has 2 rings (SSSR count). The van der Waals surface area contributed by atoms with Crippen LogP contribution in [0, 0.1) is 2.88 Å². The third-order valence-corrected chi connectivity index (χ3v) is 4.65. The van der Waals surface area contributed by atoms with Crippen molar-refractivity contribution in [1.82, 2.24) is 0 Å². The number of carbonyl (C=O) groups is 1. The van der Waals surface area contributed by atoms with E-state index in [1.54, 1.807) is 23.5 Å². The number of thiophene rings is 2. The molecule has 5 heteroatoms. The molecule has 0 amide bonds. The first kappa shape index (κ1) is 10.6. The van der Waals surface area contributed by atoms with E-state index in [9.17, 15) is 4.79 Å². The number of hydrogen-bond acceptors (Lipinski definition) is 3. The zero-order valence-electron chi connectivity index (χ0n) is 6.79. The summed E-state index contributed by atoms with van der Waals surface area (Å²) >= 11 is 10.9. The van der Waals surface area contributed by atoms with Crippen LogP contribution < -0.4 is 0 Å². The number of rotatable bonds is 2. The average molecular weight is 355 g/mol. The highest BCUT2D eigenvalue weighted by Gasteiger charge is 2.12. The van der Waals surface area contributed by atoms with Crippen molar-refractivity contribution in [1.29, 1.82) is 0 Å². The molecule has 0 radical (unpaired) electrons. The summed E-state index contributed by atoms with van der Waals surface area (Å²) in [7, 11) is 0. The Balaban J connectivity index is 2.33. The van der Waals surface area contributed by atoms with E-state index in [0.717, 1.165) is 8.45 Å². The summed E-state index contributed by atoms with van der Waals surface area (Å²) < 4.78 is 1.77. The van der Waals surface area contributed by atoms with Crippen LogP contribution in [0.4, 0.5) is 0 Å². The van der Waals surface area contributed by atoms with Gasteiger partial charge in [-0.2, -0.15) is 0 Å². The van der Waals surface area contributed by atoms with E-state index in [4.69, 9.17) is 11.6 Å². The fraction of sp³-hybridized carbons (Fsp3) is 0. The smallest absolute Gasteiger partial charge is 0.203 e. The van der Waals surface area contributed by atoms with Crippen LogP contribution in [-0.4, -0.2) is 5.78 Å². The van der Waals surface area contributed by atoms with Crippen molar-refractivity contribution in [3.05, 3.63) is 41.2 Å². The molecule has 0 aliphatic carbocycles. The van der Waals surface area contributed by atoms with E-state index >= 15 is 0 Å². The average Bonchev–Trinajstić information content (AvgIpc) is 2.73. The zero-order chi connectivity index (χ0) is 10.1. The first-order chi connectivity index (χ1) is 6.66. The normalized spacial score (nSPS) is 10.4. The van der Waals surface area contributed by atoms with Crippen molar-refractivity contribution in [2.45, 2.75) is 0 Å². The van der Waals surface area contributed by atoms with Crippen LogP contribution in [0.25, 0.3) is 0 Å². The summed E-state index contributed by atoms with van der Waals surface area (Å²) in [5, 5.41) is 1.87. The minimum atomic E-state index is 0.0565. The number of halogens is 2. The maximum Gasteiger partial charge on any atom is 0.203 e. The Morgan fingerprint density at radius 3 is 2.71 bits per heavy atom. The van der Waals surface area contributed by atoms with Crippen LogP contribution in [0.3, 0.4) is 0 Å². The summed E-state index contributed by atoms with van der Waals surface area (Å²) in [5.74, 6) is 0.0565. The minimum Gasteiger partial charge on any atom is -0.288 e. The predicted octanol–water partition coefficient (Wildman–Crippen LogP) is 4.30. The lowest BCUT2D eigenvalue weighted by atomic mass is 10.2. The highest BCUT2D eigenvalue weighted by molar-refractivity contribution is 14.1. The minimum absolute atomic E-state index is 0.0565. The van der Waals surface area contributed by atoms with Gasteiger partial charge in [0.2, 0.25) is 5.78 Å². The Hall–Kier alpha value is 0.0900. The molecule has 2 heterocycles. The Bertz CT molecular complexity index is 432. The van der Waals surface area contributed by atoms with Gasteiger partial charge in [0.1, 0.15) is 0 Å². The quantitative estimate of drug-likeness (QED) is 0.580. The monoisotopic (exact) mass is 354 g/mol. The van der Waals surface area contributed by atoms with E-state index in [1.165, 1.54) is 11.3 Å². The van der Waals surface area contributed by atoms with Gasteiger partial charge in [0, 0.05) is 10.9 Å². The Morgan fingerprint density at radius 2 is 2.21 bits per heavy atom. The second-order valence-corrected chi connectivity index (χ2v) is 7.09. The lowest BCUT2D eigenvalue weighted by molar-refractivity contribution is 0.104. The topological polar surface area (TPSA) is 17.1 Å². The highest BCUT2D eigenvalue weighted by Crippen LogP contribution is 2.26. The van der Waals surface area contributed by atoms with Crippen molar-refractivity contribution in [2.24, 2.45) is 0 Å². The van der Waals surface area contributed by atoms with Gasteiger partial charge in [-0.15, -0.1) is 22.7 Å². The molecule has 0 unspecified atom stereocenters. The molecule has 0 saturated heterocycles. The van der Waals surface area contributed by atoms with E-state index in [-0.39, 0.29) is 5.78 Å². The molecule has 14 heavy (non-hydrogen) atoms. The predicted molar refractivity (Wildman–Crippen MR) is 69.8 cm³/mol. The van der Waals surface area contributed by atoms with E-state index < -0.39 is 0 Å². The van der Waals surface area contributed by atoms with Crippen LogP contribution in [0.1, 0.15) is 15.2 Å². The van der Waals surface area contributed by atoms with Crippen molar-refractivity contribution in [3.63, 3.8) is 0 Å². The van der Waals surface area contributed by atoms with Gasteiger partial charge in [0.15, 0.2) is 0 Å². The third kappa shape index (κ3) is 2.18. The molecule has 0 aliphatic rings. The lowest BCUT2D eigenvalue weighted by Gasteiger charge is -1.90. The van der Waals surface area contributed by atoms with Crippen LogP contribution in [0.5, 0.6) is 0 Å². The summed E-state index contributed by atoms with van der Waals surface area (Å²) in [5.41, 5.74) is 0.748. The molecule has 0 aliphatic heterocycles. The van der Waals surface area contributed by atoms with Gasteiger partial charge < -0.3 is 0 Å². The van der Waals surface area contributed by atoms with Crippen molar-refractivity contribution in [2.75, 3.05) is 0 Å². The van der Waals surface area contributed by atoms with Gasteiger partial charge in [-0.3, -0.25) is 4.79 Å². The lowest BCUT2D eigenvalue weighted by Crippen LogP contribution is -1.95. The molecule has 0 atom stereocenters. The van der Waals surface area contributed by atoms with Gasteiger partial charge in [-0.1, -0.05) is 11.6 Å². The SMILES string of the molecule is O=C(c1csc(I)c1)c1ccc(Cl)s1. The van der Waals surface area contributed by atoms with E-state index in [1.807, 2.05) is 11.4 Å². The molecule has 0 N–H and O–H groups in total. The second kappa shape index (κ2) is 4.30. The third-order valence-electron chi connectivity index (χ3n) is 1.63. The van der Waals surface area contributed by atoms with Gasteiger partial charge >= 0.3 is 0 Å². The molecule has 0 spiro atoms. The molecule has 0 saturated carbocycles. The van der Waals surface area contributed by atoms with Gasteiger partial charge in [-0.05, 0) is 40.8 Å². The summed E-state index contributed by atoms with van der Waals surface area (Å²) in [6, 6.07) is 5.40. The number of carbonyl (C=O) groups excluding carboxylic acids is 1. The van der Waals surface area contributed by atoms with Crippen LogP contribution in [-0.2, 0) is 0 Å². The Kier molecular flexibility index (Phi) is 3.26. The molecule has 0 aromatic carbocycles. The molecule has 0 fully saturated rings. The molecule has 1 nitrogen and oxygen atoms in total. The van der Waals surface area contributed by atoms with Gasteiger partial charge in [-0.25, -0.2) is 0 Å². The van der Waals surface area contributed by atoms with Crippen LogP contribution >= 0.6 is 56.9 Å². The summed E-state index contributed by atoms with van der Waals surface area (Å²) in [4.78, 5) is 12.5. The first-order valence-electron chi connectivity index (χ1n) is 3.71. The van der Waals surface area contributed by atoms with Crippen LogP contribution in [0.2, 0.25) is 4.34 Å². The Morgan fingerprint density at radius 1 is 1.43 bits per heavy atom. The molecular weight excluding hydrogens is 351 g/mol. The van der Waals surface area contributed by atoms with Gasteiger partial charge in [0.05, 0.1) is 12.1 Å². The fourth-order valence-electron chi connectivity index (χ4n) is 1.01. The fourth-order valence-corrected chi connectivity index (χ4v) is 3.34. The Labute approximate surface area is 108 Å². The summed E-state index contributed by atoms with van der Waals surface area (Å²) in [6.45, 7) is 0. The van der Waals surface area contributed by atoms with Crippen molar-refractivity contribution >= 4 is 62.6 Å². The van der Waals surface area contributed by atoms with E-state index in [0.29, 0.717) is 9.21 Å². The standard InChI is InChI=1S/C9H4ClIOS2/c10-7-2-1-6(14-7)9(12)5-3-8(11)13-4-5/h1-4H. The zero-order valence-corrected chi connectivity index (χ0v) is 11.3. The second-order valence-electron chi connectivity index (χ2n) is 2.57. The molecule has 72 valence electrons. The number of ketones is 1. The largest absolute Gasteiger partial charge is 0.288 e. The van der Waals surface area contributed by atoms with Gasteiger partial charge in [0.25, 0.3) is 0 Å². The maximum absolute atomic E-state index is 11.8. The molecule has 2 aromatic heterocycles. The van der Waals surface area contributed by atoms with Crippen LogP contribution in [0.15, 0.2) is 23.6 Å². The molecule has 2 aromatic rings. The van der Waals surface area contributed by atoms with E-state index in [2.05, 4.69) is 22.6 Å². The molecule has 0 bridgehead atoms. The highest BCUT2D eigenvalue weighted by atomic mass is 127. The first-order valence-corrected chi connectivity index (χ1v) is 6.86. The maximum atomic E-state index is 11.8. The number of hydrogen-bond donors (Lipinski definition) is 0.